The molecule has 1 atom stereocenters. The van der Waals surface area contributed by atoms with Gasteiger partial charge >= 0.3 is 0 Å². The summed E-state index contributed by atoms with van der Waals surface area (Å²) in [5, 5.41) is 11.1. The number of benzene rings is 1. The normalized spacial score (nSPS) is 17.0. The Kier molecular flexibility index (Phi) is 4.32. The summed E-state index contributed by atoms with van der Waals surface area (Å²) in [5.41, 5.74) is 0.956. The number of hydrogen-bond donors (Lipinski definition) is 1. The summed E-state index contributed by atoms with van der Waals surface area (Å²) < 4.78 is 29.5. The molecule has 0 spiro atoms. The van der Waals surface area contributed by atoms with E-state index in [1.165, 1.54) is 6.07 Å². The van der Waals surface area contributed by atoms with Gasteiger partial charge in [-0.25, -0.2) is 13.8 Å². The number of halogens is 2. The minimum absolute atomic E-state index is 0.105. The Balaban J connectivity index is 1.55. The summed E-state index contributed by atoms with van der Waals surface area (Å²) in [4.78, 5) is 10.4. The SMILES string of the molecule is Cn1ccnc1C(O)C1CCN(c2ccnc3c(F)cc(F)cc23)CC1. The smallest absolute Gasteiger partial charge is 0.152 e. The molecule has 136 valence electrons. The number of fused-ring (bicyclic) bond motifs is 1. The summed E-state index contributed by atoms with van der Waals surface area (Å²) in [6.07, 6.45) is 5.99. The van der Waals surface area contributed by atoms with Crippen LogP contribution in [0.25, 0.3) is 10.9 Å². The highest BCUT2D eigenvalue weighted by Crippen LogP contribution is 2.34. The number of aliphatic hydroxyl groups excluding tert-OH is 1. The Morgan fingerprint density at radius 3 is 2.62 bits per heavy atom. The van der Waals surface area contributed by atoms with Gasteiger partial charge in [-0.05, 0) is 30.9 Å². The highest BCUT2D eigenvalue weighted by atomic mass is 19.1. The number of anilines is 1. The lowest BCUT2D eigenvalue weighted by Gasteiger charge is -2.35. The summed E-state index contributed by atoms with van der Waals surface area (Å²) in [5.74, 6) is -0.484. The minimum Gasteiger partial charge on any atom is -0.385 e. The summed E-state index contributed by atoms with van der Waals surface area (Å²) in [6, 6.07) is 3.97. The topological polar surface area (TPSA) is 54.2 Å². The number of pyridine rings is 1. The van der Waals surface area contributed by atoms with Crippen molar-refractivity contribution in [2.75, 3.05) is 18.0 Å². The number of aryl methyl sites for hydroxylation is 1. The van der Waals surface area contributed by atoms with Crippen LogP contribution in [0.3, 0.4) is 0 Å². The molecule has 5 nitrogen and oxygen atoms in total. The molecule has 0 bridgehead atoms. The maximum atomic E-state index is 14.0. The number of rotatable bonds is 3. The number of imidazole rings is 1. The molecular weight excluding hydrogens is 338 g/mol. The van der Waals surface area contributed by atoms with Crippen LogP contribution in [0.4, 0.5) is 14.5 Å². The average Bonchev–Trinajstić information content (AvgIpc) is 3.07. The van der Waals surface area contributed by atoms with Crippen LogP contribution in [0.5, 0.6) is 0 Å². The highest BCUT2D eigenvalue weighted by molar-refractivity contribution is 5.92. The molecule has 1 fully saturated rings. The van der Waals surface area contributed by atoms with Crippen LogP contribution in [-0.4, -0.2) is 32.7 Å². The van der Waals surface area contributed by atoms with Gasteiger partial charge in [0, 0.05) is 55.9 Å². The molecule has 1 unspecified atom stereocenters. The molecule has 3 heterocycles. The first-order chi connectivity index (χ1) is 12.5. The lowest BCUT2D eigenvalue weighted by atomic mass is 9.90. The van der Waals surface area contributed by atoms with Gasteiger partial charge in [-0.2, -0.15) is 0 Å². The molecule has 2 aromatic heterocycles. The Hall–Kier alpha value is -2.54. The standard InChI is InChI=1S/C19H20F2N4O/c1-24-9-6-23-19(24)18(26)12-3-7-25(8-4-12)16-2-5-22-17-14(16)10-13(20)11-15(17)21/h2,5-6,9-12,18,26H,3-4,7-8H2,1H3. The Morgan fingerprint density at radius 1 is 1.15 bits per heavy atom. The first kappa shape index (κ1) is 16.9. The third-order valence-corrected chi connectivity index (χ3v) is 5.19. The summed E-state index contributed by atoms with van der Waals surface area (Å²) >= 11 is 0. The van der Waals surface area contributed by atoms with Crippen molar-refractivity contribution >= 4 is 16.6 Å². The van der Waals surface area contributed by atoms with Gasteiger partial charge in [0.1, 0.15) is 23.3 Å². The van der Waals surface area contributed by atoms with E-state index in [1.54, 1.807) is 18.5 Å². The molecule has 26 heavy (non-hydrogen) atoms. The number of hydrogen-bond acceptors (Lipinski definition) is 4. The molecular formula is C19H20F2N4O. The molecule has 0 aliphatic carbocycles. The Bertz CT molecular complexity index is 934. The zero-order valence-corrected chi connectivity index (χ0v) is 14.4. The number of nitrogens with zero attached hydrogens (tertiary/aromatic N) is 4. The fourth-order valence-corrected chi connectivity index (χ4v) is 3.77. The van der Waals surface area contributed by atoms with E-state index in [-0.39, 0.29) is 11.4 Å². The maximum absolute atomic E-state index is 14.0. The van der Waals surface area contributed by atoms with E-state index in [1.807, 2.05) is 17.8 Å². The lowest BCUT2D eigenvalue weighted by Crippen LogP contribution is -2.36. The molecule has 0 amide bonds. The van der Waals surface area contributed by atoms with Crippen LogP contribution in [-0.2, 0) is 7.05 Å². The average molecular weight is 358 g/mol. The van der Waals surface area contributed by atoms with E-state index in [2.05, 4.69) is 14.9 Å². The van der Waals surface area contributed by atoms with Crippen LogP contribution >= 0.6 is 0 Å². The van der Waals surface area contributed by atoms with Crippen LogP contribution in [0, 0.1) is 17.6 Å². The fraction of sp³-hybridized carbons (Fsp3) is 0.368. The van der Waals surface area contributed by atoms with Gasteiger partial charge < -0.3 is 14.6 Å². The lowest BCUT2D eigenvalue weighted by molar-refractivity contribution is 0.0825. The zero-order chi connectivity index (χ0) is 18.3. The van der Waals surface area contributed by atoms with Crippen LogP contribution in [0.1, 0.15) is 24.8 Å². The van der Waals surface area contributed by atoms with Gasteiger partial charge in [0.15, 0.2) is 5.82 Å². The van der Waals surface area contributed by atoms with E-state index >= 15 is 0 Å². The second-order valence-corrected chi connectivity index (χ2v) is 6.78. The quantitative estimate of drug-likeness (QED) is 0.781. The minimum atomic E-state index is -0.651. The molecule has 1 aliphatic rings. The molecule has 0 saturated carbocycles. The Labute approximate surface area is 149 Å². The maximum Gasteiger partial charge on any atom is 0.152 e. The van der Waals surface area contributed by atoms with Gasteiger partial charge in [-0.3, -0.25) is 4.98 Å². The number of aromatic nitrogens is 3. The molecule has 0 radical (unpaired) electrons. The van der Waals surface area contributed by atoms with E-state index in [4.69, 9.17) is 0 Å². The predicted molar refractivity (Wildman–Crippen MR) is 94.8 cm³/mol. The summed E-state index contributed by atoms with van der Waals surface area (Å²) in [7, 11) is 1.87. The monoisotopic (exact) mass is 358 g/mol. The van der Waals surface area contributed by atoms with Gasteiger partial charge in [-0.15, -0.1) is 0 Å². The molecule has 3 aromatic rings. The first-order valence-corrected chi connectivity index (χ1v) is 8.68. The predicted octanol–water partition coefficient (Wildman–Crippen LogP) is 3.20. The van der Waals surface area contributed by atoms with E-state index in [0.29, 0.717) is 24.3 Å². The largest absolute Gasteiger partial charge is 0.385 e. The van der Waals surface area contributed by atoms with Gasteiger partial charge in [0.25, 0.3) is 0 Å². The van der Waals surface area contributed by atoms with E-state index in [9.17, 15) is 13.9 Å². The van der Waals surface area contributed by atoms with Crippen LogP contribution < -0.4 is 4.90 Å². The van der Waals surface area contributed by atoms with Crippen molar-refractivity contribution in [1.29, 1.82) is 0 Å². The second kappa shape index (κ2) is 6.64. The van der Waals surface area contributed by atoms with E-state index in [0.717, 1.165) is 24.6 Å². The van der Waals surface area contributed by atoms with E-state index < -0.39 is 17.7 Å². The third kappa shape index (κ3) is 2.92. The number of aliphatic hydroxyl groups is 1. The molecule has 1 aliphatic heterocycles. The molecule has 1 N–H and O–H groups in total. The van der Waals surface area contributed by atoms with Crippen molar-refractivity contribution in [3.8, 4) is 0 Å². The van der Waals surface area contributed by atoms with Crippen molar-refractivity contribution in [3.63, 3.8) is 0 Å². The third-order valence-electron chi connectivity index (χ3n) is 5.19. The summed E-state index contributed by atoms with van der Waals surface area (Å²) in [6.45, 7) is 1.40. The highest BCUT2D eigenvalue weighted by Gasteiger charge is 2.29. The Morgan fingerprint density at radius 2 is 1.92 bits per heavy atom. The number of piperidine rings is 1. The van der Waals surface area contributed by atoms with Gasteiger partial charge in [-0.1, -0.05) is 0 Å². The van der Waals surface area contributed by atoms with Gasteiger partial charge in [0.05, 0.1) is 0 Å². The van der Waals surface area contributed by atoms with Crippen molar-refractivity contribution in [1.82, 2.24) is 14.5 Å². The second-order valence-electron chi connectivity index (χ2n) is 6.78. The zero-order valence-electron chi connectivity index (χ0n) is 14.4. The van der Waals surface area contributed by atoms with Crippen molar-refractivity contribution in [3.05, 3.63) is 54.2 Å². The van der Waals surface area contributed by atoms with Gasteiger partial charge in [0.2, 0.25) is 0 Å². The molecule has 7 heteroatoms. The van der Waals surface area contributed by atoms with Crippen LogP contribution in [0.2, 0.25) is 0 Å². The van der Waals surface area contributed by atoms with Crippen molar-refractivity contribution in [2.24, 2.45) is 13.0 Å². The molecule has 4 rings (SSSR count). The van der Waals surface area contributed by atoms with Crippen molar-refractivity contribution in [2.45, 2.75) is 18.9 Å². The fourth-order valence-electron chi connectivity index (χ4n) is 3.77. The van der Waals surface area contributed by atoms with Crippen molar-refractivity contribution < 1.29 is 13.9 Å². The molecule has 1 aromatic carbocycles. The van der Waals surface area contributed by atoms with Crippen LogP contribution in [0.15, 0.2) is 36.8 Å². The molecule has 1 saturated heterocycles. The first-order valence-electron chi connectivity index (χ1n) is 8.68.